The van der Waals surface area contributed by atoms with Crippen molar-refractivity contribution in [1.29, 1.82) is 5.26 Å². The van der Waals surface area contributed by atoms with E-state index < -0.39 is 0 Å². The van der Waals surface area contributed by atoms with Crippen LogP contribution in [0.1, 0.15) is 48.9 Å². The predicted molar refractivity (Wildman–Crippen MR) is 97.8 cm³/mol. The number of amides is 1. The fraction of sp³-hybridized carbons (Fsp3) is 0.650. The van der Waals surface area contributed by atoms with E-state index in [0.29, 0.717) is 18.7 Å². The number of carbonyl (C=O) groups excluding carboxylic acids is 1. The lowest BCUT2D eigenvalue weighted by Crippen LogP contribution is -2.50. The minimum atomic E-state index is -0.377. The summed E-state index contributed by atoms with van der Waals surface area (Å²) in [6.07, 6.45) is 6.98. The molecule has 26 heavy (non-hydrogen) atoms. The molecule has 3 aliphatic rings. The SMILES string of the molecule is N#Cc1cc2c(nc1N1CCC3(CCCN(CCO)C3=O)C1)CCCC2. The highest BCUT2D eigenvalue weighted by molar-refractivity contribution is 5.85. The monoisotopic (exact) mass is 354 g/mol. The van der Waals surface area contributed by atoms with E-state index in [9.17, 15) is 15.2 Å². The molecule has 2 fully saturated rings. The number of likely N-dealkylation sites (tertiary alicyclic amines) is 1. The molecule has 1 aromatic heterocycles. The van der Waals surface area contributed by atoms with Crippen molar-refractivity contribution in [2.75, 3.05) is 37.7 Å². The Balaban J connectivity index is 1.61. The highest BCUT2D eigenvalue weighted by atomic mass is 16.3. The normalized spacial score (nSPS) is 25.5. The number of hydrogen-bond acceptors (Lipinski definition) is 5. The average molecular weight is 354 g/mol. The van der Waals surface area contributed by atoms with Crippen LogP contribution in [0.2, 0.25) is 0 Å². The number of nitriles is 1. The lowest BCUT2D eigenvalue weighted by atomic mass is 9.78. The van der Waals surface area contributed by atoms with Gasteiger partial charge in [0.1, 0.15) is 11.9 Å². The molecule has 138 valence electrons. The van der Waals surface area contributed by atoms with E-state index in [1.54, 1.807) is 4.90 Å². The molecule has 6 nitrogen and oxygen atoms in total. The standard InChI is InChI=1S/C20H26N4O2/c21-13-16-12-15-4-1-2-5-17(15)22-18(16)24-9-7-20(14-24)6-3-8-23(10-11-25)19(20)26/h12,25H,1-11,14H2. The van der Waals surface area contributed by atoms with Gasteiger partial charge in [0.15, 0.2) is 0 Å². The number of β-amino-alcohol motifs (C(OH)–C–C–N with tert-alkyl or cyclic N) is 1. The average Bonchev–Trinajstić information content (AvgIpc) is 3.09. The number of aliphatic hydroxyl groups is 1. The molecule has 2 saturated heterocycles. The molecule has 4 rings (SSSR count). The summed E-state index contributed by atoms with van der Waals surface area (Å²) in [5.41, 5.74) is 2.60. The van der Waals surface area contributed by atoms with E-state index in [1.165, 1.54) is 12.0 Å². The molecular weight excluding hydrogens is 328 g/mol. The van der Waals surface area contributed by atoms with Crippen molar-refractivity contribution in [3.63, 3.8) is 0 Å². The molecule has 1 spiro atoms. The van der Waals surface area contributed by atoms with E-state index in [2.05, 4.69) is 11.0 Å². The summed E-state index contributed by atoms with van der Waals surface area (Å²) in [6, 6.07) is 4.34. The lowest BCUT2D eigenvalue weighted by Gasteiger charge is -2.39. The van der Waals surface area contributed by atoms with Gasteiger partial charge in [0.25, 0.3) is 0 Å². The Bertz CT molecular complexity index is 755. The van der Waals surface area contributed by atoms with Crippen LogP contribution >= 0.6 is 0 Å². The largest absolute Gasteiger partial charge is 0.395 e. The summed E-state index contributed by atoms with van der Waals surface area (Å²) < 4.78 is 0. The van der Waals surface area contributed by atoms with Crippen molar-refractivity contribution in [2.45, 2.75) is 44.9 Å². The van der Waals surface area contributed by atoms with Crippen LogP contribution in [0, 0.1) is 16.7 Å². The third kappa shape index (κ3) is 2.84. The number of piperidine rings is 1. The van der Waals surface area contributed by atoms with Gasteiger partial charge in [0, 0.05) is 31.9 Å². The second-order valence-corrected chi connectivity index (χ2v) is 7.86. The van der Waals surface area contributed by atoms with Crippen LogP contribution in [0.3, 0.4) is 0 Å². The van der Waals surface area contributed by atoms with Crippen LogP contribution in [0.25, 0.3) is 0 Å². The van der Waals surface area contributed by atoms with E-state index >= 15 is 0 Å². The molecule has 0 aromatic carbocycles. The van der Waals surface area contributed by atoms with Crippen molar-refractivity contribution >= 4 is 11.7 Å². The number of nitrogens with zero attached hydrogens (tertiary/aromatic N) is 4. The first kappa shape index (κ1) is 17.3. The summed E-state index contributed by atoms with van der Waals surface area (Å²) in [6.45, 7) is 2.56. The third-order valence-electron chi connectivity index (χ3n) is 6.25. The van der Waals surface area contributed by atoms with Crippen LogP contribution in [0.15, 0.2) is 6.07 Å². The summed E-state index contributed by atoms with van der Waals surface area (Å²) in [7, 11) is 0. The summed E-state index contributed by atoms with van der Waals surface area (Å²) in [4.78, 5) is 21.8. The zero-order valence-electron chi connectivity index (χ0n) is 15.2. The summed E-state index contributed by atoms with van der Waals surface area (Å²) in [5, 5.41) is 18.9. The van der Waals surface area contributed by atoms with Crippen LogP contribution in [-0.4, -0.2) is 53.7 Å². The van der Waals surface area contributed by atoms with Crippen molar-refractivity contribution in [3.8, 4) is 6.07 Å². The molecule has 3 heterocycles. The second kappa shape index (κ2) is 6.88. The van der Waals surface area contributed by atoms with Crippen molar-refractivity contribution < 1.29 is 9.90 Å². The quantitative estimate of drug-likeness (QED) is 0.893. The number of pyridine rings is 1. The molecular formula is C20H26N4O2. The molecule has 2 aliphatic heterocycles. The molecule has 1 amide bonds. The maximum Gasteiger partial charge on any atom is 0.230 e. The highest BCUT2D eigenvalue weighted by Gasteiger charge is 2.48. The fourth-order valence-corrected chi connectivity index (χ4v) is 4.86. The second-order valence-electron chi connectivity index (χ2n) is 7.86. The summed E-state index contributed by atoms with van der Waals surface area (Å²) >= 11 is 0. The van der Waals surface area contributed by atoms with Gasteiger partial charge in [-0.05, 0) is 56.6 Å². The van der Waals surface area contributed by atoms with Crippen molar-refractivity contribution in [1.82, 2.24) is 9.88 Å². The number of carbonyl (C=O) groups is 1. The Labute approximate surface area is 154 Å². The van der Waals surface area contributed by atoms with Crippen molar-refractivity contribution in [3.05, 3.63) is 22.9 Å². The molecule has 1 unspecified atom stereocenters. The van der Waals surface area contributed by atoms with E-state index in [-0.39, 0.29) is 17.9 Å². The zero-order chi connectivity index (χ0) is 18.1. The minimum Gasteiger partial charge on any atom is -0.395 e. The van der Waals surface area contributed by atoms with Gasteiger partial charge in [-0.15, -0.1) is 0 Å². The van der Waals surface area contributed by atoms with E-state index in [4.69, 9.17) is 4.98 Å². The maximum absolute atomic E-state index is 13.0. The van der Waals surface area contributed by atoms with Crippen molar-refractivity contribution in [2.24, 2.45) is 5.41 Å². The molecule has 1 N–H and O–H groups in total. The van der Waals surface area contributed by atoms with Crippen LogP contribution < -0.4 is 4.90 Å². The molecule has 1 atom stereocenters. The Morgan fingerprint density at radius 2 is 2.08 bits per heavy atom. The van der Waals surface area contributed by atoms with E-state index in [1.807, 2.05) is 6.07 Å². The number of anilines is 1. The smallest absolute Gasteiger partial charge is 0.230 e. The first-order valence-electron chi connectivity index (χ1n) is 9.75. The third-order valence-corrected chi connectivity index (χ3v) is 6.25. The van der Waals surface area contributed by atoms with Gasteiger partial charge in [-0.3, -0.25) is 4.79 Å². The predicted octanol–water partition coefficient (Wildman–Crippen LogP) is 1.64. The minimum absolute atomic E-state index is 0.0104. The van der Waals surface area contributed by atoms with Gasteiger partial charge in [-0.1, -0.05) is 0 Å². The maximum atomic E-state index is 13.0. The highest BCUT2D eigenvalue weighted by Crippen LogP contribution is 2.42. The zero-order valence-corrected chi connectivity index (χ0v) is 15.2. The fourth-order valence-electron chi connectivity index (χ4n) is 4.86. The number of fused-ring (bicyclic) bond motifs is 1. The Morgan fingerprint density at radius 3 is 2.88 bits per heavy atom. The van der Waals surface area contributed by atoms with Gasteiger partial charge >= 0.3 is 0 Å². The number of rotatable bonds is 3. The molecule has 0 radical (unpaired) electrons. The van der Waals surface area contributed by atoms with E-state index in [0.717, 1.165) is 63.1 Å². The van der Waals surface area contributed by atoms with Gasteiger partial charge < -0.3 is 14.9 Å². The topological polar surface area (TPSA) is 80.5 Å². The van der Waals surface area contributed by atoms with Crippen LogP contribution in [0.4, 0.5) is 5.82 Å². The van der Waals surface area contributed by atoms with Gasteiger partial charge in [-0.25, -0.2) is 4.98 Å². The van der Waals surface area contributed by atoms with Gasteiger partial charge in [-0.2, -0.15) is 5.26 Å². The van der Waals surface area contributed by atoms with Crippen LogP contribution in [-0.2, 0) is 17.6 Å². The molecule has 0 bridgehead atoms. The first-order chi connectivity index (χ1) is 12.7. The van der Waals surface area contributed by atoms with Gasteiger partial charge in [0.2, 0.25) is 5.91 Å². The number of aromatic nitrogens is 1. The molecule has 0 saturated carbocycles. The Hall–Kier alpha value is -2.13. The summed E-state index contributed by atoms with van der Waals surface area (Å²) in [5.74, 6) is 0.925. The number of hydrogen-bond donors (Lipinski definition) is 1. The number of aryl methyl sites for hydroxylation is 2. The first-order valence-corrected chi connectivity index (χ1v) is 9.75. The molecule has 6 heteroatoms. The number of aliphatic hydroxyl groups excluding tert-OH is 1. The molecule has 1 aromatic rings. The lowest BCUT2D eigenvalue weighted by molar-refractivity contribution is -0.145. The Kier molecular flexibility index (Phi) is 4.58. The molecule has 1 aliphatic carbocycles. The Morgan fingerprint density at radius 1 is 1.23 bits per heavy atom. The van der Waals surface area contributed by atoms with Gasteiger partial charge in [0.05, 0.1) is 17.6 Å². The van der Waals surface area contributed by atoms with Crippen LogP contribution in [0.5, 0.6) is 0 Å².